The van der Waals surface area contributed by atoms with Crippen LogP contribution in [0.15, 0.2) is 54.6 Å². The molecule has 3 aromatic rings. The molecule has 1 unspecified atom stereocenters. The summed E-state index contributed by atoms with van der Waals surface area (Å²) in [6, 6.07) is 15.2. The van der Waals surface area contributed by atoms with E-state index in [9.17, 15) is 22.4 Å². The number of hydrogen-bond donors (Lipinski definition) is 0. The molecule has 0 aliphatic heterocycles. The number of hydrogen-bond acceptors (Lipinski definition) is 2. The summed E-state index contributed by atoms with van der Waals surface area (Å²) in [5.41, 5.74) is -0.0781. The highest BCUT2D eigenvalue weighted by Crippen LogP contribution is 2.31. The first-order valence-electron chi connectivity index (χ1n) is 6.70. The van der Waals surface area contributed by atoms with Gasteiger partial charge in [-0.25, -0.2) is 4.79 Å². The Kier molecular flexibility index (Phi) is 3.67. The SMILES string of the molecule is O=C(OC(F)C(F)(F)F)c1c2ccccc2cc2ccccc12. The monoisotopic (exact) mass is 322 g/mol. The molecular weight excluding hydrogens is 312 g/mol. The van der Waals surface area contributed by atoms with E-state index in [0.717, 1.165) is 0 Å². The molecule has 3 rings (SSSR count). The van der Waals surface area contributed by atoms with Crippen molar-refractivity contribution >= 4 is 27.5 Å². The van der Waals surface area contributed by atoms with Gasteiger partial charge in [0.2, 0.25) is 0 Å². The summed E-state index contributed by atoms with van der Waals surface area (Å²) >= 11 is 0. The molecule has 0 aliphatic carbocycles. The lowest BCUT2D eigenvalue weighted by Gasteiger charge is -2.15. The number of alkyl halides is 4. The van der Waals surface area contributed by atoms with Crippen LogP contribution in [-0.4, -0.2) is 18.5 Å². The molecule has 6 heteroatoms. The summed E-state index contributed by atoms with van der Waals surface area (Å²) in [7, 11) is 0. The summed E-state index contributed by atoms with van der Waals surface area (Å²) in [6.45, 7) is 0. The van der Waals surface area contributed by atoms with Gasteiger partial charge in [0.25, 0.3) is 0 Å². The highest BCUT2D eigenvalue weighted by molar-refractivity contribution is 6.16. The molecule has 0 fully saturated rings. The molecule has 0 aliphatic rings. The van der Waals surface area contributed by atoms with Crippen LogP contribution in [0.3, 0.4) is 0 Å². The van der Waals surface area contributed by atoms with Crippen molar-refractivity contribution in [1.82, 2.24) is 0 Å². The van der Waals surface area contributed by atoms with Gasteiger partial charge in [0.1, 0.15) is 0 Å². The van der Waals surface area contributed by atoms with E-state index in [1.165, 1.54) is 0 Å². The zero-order valence-electron chi connectivity index (χ0n) is 11.6. The fraction of sp³-hybridized carbons (Fsp3) is 0.118. The van der Waals surface area contributed by atoms with Crippen molar-refractivity contribution in [1.29, 1.82) is 0 Å². The lowest BCUT2D eigenvalue weighted by Crippen LogP contribution is -2.29. The molecular formula is C17H10F4O2. The Balaban J connectivity index is 2.19. The number of fused-ring (bicyclic) bond motifs is 2. The van der Waals surface area contributed by atoms with Crippen LogP contribution in [0.2, 0.25) is 0 Å². The lowest BCUT2D eigenvalue weighted by molar-refractivity contribution is -0.246. The molecule has 0 saturated heterocycles. The van der Waals surface area contributed by atoms with Gasteiger partial charge in [-0.2, -0.15) is 17.6 Å². The minimum Gasteiger partial charge on any atom is -0.418 e. The van der Waals surface area contributed by atoms with E-state index in [-0.39, 0.29) is 5.56 Å². The van der Waals surface area contributed by atoms with Gasteiger partial charge in [0.15, 0.2) is 0 Å². The van der Waals surface area contributed by atoms with Crippen LogP contribution in [0.25, 0.3) is 21.5 Å². The first kappa shape index (κ1) is 15.3. The minimum atomic E-state index is -5.25. The van der Waals surface area contributed by atoms with E-state index in [0.29, 0.717) is 21.5 Å². The number of halogens is 4. The largest absolute Gasteiger partial charge is 0.457 e. The molecule has 3 aromatic carbocycles. The number of carbonyl (C=O) groups is 1. The minimum absolute atomic E-state index is 0.0781. The predicted molar refractivity (Wildman–Crippen MR) is 77.8 cm³/mol. The Morgan fingerprint density at radius 1 is 0.913 bits per heavy atom. The van der Waals surface area contributed by atoms with Crippen LogP contribution in [0.4, 0.5) is 17.6 Å². The Hall–Kier alpha value is -2.63. The summed E-state index contributed by atoms with van der Waals surface area (Å²) in [5, 5.41) is 2.12. The van der Waals surface area contributed by atoms with E-state index < -0.39 is 18.5 Å². The van der Waals surface area contributed by atoms with Crippen molar-refractivity contribution in [3.63, 3.8) is 0 Å². The van der Waals surface area contributed by atoms with Crippen molar-refractivity contribution in [3.05, 3.63) is 60.2 Å². The number of ether oxygens (including phenoxy) is 1. The van der Waals surface area contributed by atoms with Crippen molar-refractivity contribution in [3.8, 4) is 0 Å². The van der Waals surface area contributed by atoms with Gasteiger partial charge in [0.05, 0.1) is 5.56 Å². The van der Waals surface area contributed by atoms with E-state index in [2.05, 4.69) is 4.74 Å². The van der Waals surface area contributed by atoms with Crippen LogP contribution in [0, 0.1) is 0 Å². The predicted octanol–water partition coefficient (Wildman–Crippen LogP) is 5.01. The molecule has 0 bridgehead atoms. The molecule has 0 heterocycles. The lowest BCUT2D eigenvalue weighted by atomic mass is 9.97. The maximum Gasteiger partial charge on any atom is 0.457 e. The Bertz CT molecular complexity index is 833. The third-order valence-corrected chi connectivity index (χ3v) is 3.44. The summed E-state index contributed by atoms with van der Waals surface area (Å²) in [6.07, 6.45) is -8.91. The number of rotatable bonds is 2. The molecule has 1 atom stereocenters. The van der Waals surface area contributed by atoms with E-state index in [1.807, 2.05) is 0 Å². The fourth-order valence-corrected chi connectivity index (χ4v) is 2.45. The normalized spacial score (nSPS) is 13.2. The summed E-state index contributed by atoms with van der Waals surface area (Å²) in [5.74, 6) is -1.34. The van der Waals surface area contributed by atoms with Crippen molar-refractivity contribution in [2.45, 2.75) is 12.5 Å². The van der Waals surface area contributed by atoms with Gasteiger partial charge in [-0.3, -0.25) is 0 Å². The maximum absolute atomic E-state index is 13.1. The second kappa shape index (κ2) is 5.53. The second-order valence-corrected chi connectivity index (χ2v) is 4.96. The fourth-order valence-electron chi connectivity index (χ4n) is 2.45. The third-order valence-electron chi connectivity index (χ3n) is 3.44. The van der Waals surface area contributed by atoms with Crippen molar-refractivity contribution < 1.29 is 27.1 Å². The molecule has 2 nitrogen and oxygen atoms in total. The van der Waals surface area contributed by atoms with Gasteiger partial charge in [0, 0.05) is 0 Å². The third kappa shape index (κ3) is 2.84. The van der Waals surface area contributed by atoms with Gasteiger partial charge < -0.3 is 4.74 Å². The van der Waals surface area contributed by atoms with Gasteiger partial charge in [-0.1, -0.05) is 48.5 Å². The van der Waals surface area contributed by atoms with Crippen LogP contribution in [-0.2, 0) is 4.74 Å². The molecule has 0 N–H and O–H groups in total. The molecule has 0 radical (unpaired) electrons. The number of esters is 1. The van der Waals surface area contributed by atoms with E-state index >= 15 is 0 Å². The molecule has 0 aromatic heterocycles. The topological polar surface area (TPSA) is 26.3 Å². The Morgan fingerprint density at radius 2 is 1.39 bits per heavy atom. The molecule has 23 heavy (non-hydrogen) atoms. The summed E-state index contributed by atoms with van der Waals surface area (Å²) in [4.78, 5) is 12.2. The van der Waals surface area contributed by atoms with Crippen molar-refractivity contribution in [2.75, 3.05) is 0 Å². The average Bonchev–Trinajstić information content (AvgIpc) is 2.51. The van der Waals surface area contributed by atoms with Crippen LogP contribution >= 0.6 is 0 Å². The first-order chi connectivity index (χ1) is 10.9. The van der Waals surface area contributed by atoms with Gasteiger partial charge >= 0.3 is 18.5 Å². The molecule has 118 valence electrons. The zero-order valence-corrected chi connectivity index (χ0v) is 11.6. The quantitative estimate of drug-likeness (QED) is 0.377. The van der Waals surface area contributed by atoms with Crippen LogP contribution in [0.1, 0.15) is 10.4 Å². The van der Waals surface area contributed by atoms with Crippen LogP contribution < -0.4 is 0 Å². The zero-order chi connectivity index (χ0) is 16.6. The second-order valence-electron chi connectivity index (χ2n) is 4.96. The highest BCUT2D eigenvalue weighted by atomic mass is 19.4. The standard InChI is InChI=1S/C17H10F4O2/c18-16(17(19,20)21)23-15(22)14-12-7-3-1-5-10(12)9-11-6-2-4-8-13(11)14/h1-9,16H. The molecule has 0 amide bonds. The number of carbonyl (C=O) groups excluding carboxylic acids is 1. The average molecular weight is 322 g/mol. The molecule has 0 saturated carbocycles. The van der Waals surface area contributed by atoms with E-state index in [4.69, 9.17) is 0 Å². The van der Waals surface area contributed by atoms with Gasteiger partial charge in [-0.15, -0.1) is 0 Å². The number of benzene rings is 3. The Labute approximate surface area is 128 Å². The smallest absolute Gasteiger partial charge is 0.418 e. The van der Waals surface area contributed by atoms with Crippen molar-refractivity contribution in [2.24, 2.45) is 0 Å². The van der Waals surface area contributed by atoms with Crippen LogP contribution in [0.5, 0.6) is 0 Å². The maximum atomic E-state index is 13.1. The highest BCUT2D eigenvalue weighted by Gasteiger charge is 2.44. The first-order valence-corrected chi connectivity index (χ1v) is 6.70. The Morgan fingerprint density at radius 3 is 1.87 bits per heavy atom. The molecule has 0 spiro atoms. The van der Waals surface area contributed by atoms with E-state index in [1.54, 1.807) is 54.6 Å². The van der Waals surface area contributed by atoms with Gasteiger partial charge in [-0.05, 0) is 27.6 Å². The summed E-state index contributed by atoms with van der Waals surface area (Å²) < 4.78 is 54.0.